The van der Waals surface area contributed by atoms with Crippen molar-refractivity contribution < 1.29 is 4.79 Å². The summed E-state index contributed by atoms with van der Waals surface area (Å²) in [7, 11) is 1.56. The van der Waals surface area contributed by atoms with Crippen molar-refractivity contribution in [2.75, 3.05) is 7.05 Å². The van der Waals surface area contributed by atoms with Gasteiger partial charge in [-0.1, -0.05) is 49.6 Å². The Balaban J connectivity index is 0.000000255. The van der Waals surface area contributed by atoms with E-state index in [0.717, 1.165) is 0 Å². The maximum Gasteiger partial charge on any atom is 0.243 e. The average Bonchev–Trinajstić information content (AvgIpc) is 2.30. The third-order valence-electron chi connectivity index (χ3n) is 1.47. The number of carbonyl (C=O) groups excluding carboxylic acids is 1. The fourth-order valence-corrected chi connectivity index (χ4v) is 0.691. The molecule has 0 unspecified atom stereocenters. The molecule has 0 radical (unpaired) electrons. The fraction of sp³-hybridized carbons (Fsp3) is 0.0833. The highest BCUT2D eigenvalue weighted by Crippen LogP contribution is 1.97. The molecule has 0 aliphatic heterocycles. The predicted molar refractivity (Wildman–Crippen MR) is 60.8 cm³/mol. The topological polar surface area (TPSA) is 29.1 Å². The molecule has 0 aliphatic carbocycles. The molecule has 0 fully saturated rings. The monoisotopic (exact) mass is 189 g/mol. The minimum Gasteiger partial charge on any atom is -0.356 e. The molecule has 0 aromatic heterocycles. The molecular formula is C12H15NO. The number of nitrogens with one attached hydrogen (secondary N) is 1. The van der Waals surface area contributed by atoms with Gasteiger partial charge in [0.1, 0.15) is 0 Å². The van der Waals surface area contributed by atoms with Gasteiger partial charge in [-0.05, 0) is 11.6 Å². The van der Waals surface area contributed by atoms with Crippen molar-refractivity contribution >= 4 is 12.0 Å². The largest absolute Gasteiger partial charge is 0.356 e. The van der Waals surface area contributed by atoms with Crippen LogP contribution in [0.3, 0.4) is 0 Å². The van der Waals surface area contributed by atoms with Crippen molar-refractivity contribution in [1.82, 2.24) is 5.32 Å². The van der Waals surface area contributed by atoms with Crippen molar-refractivity contribution in [3.8, 4) is 0 Å². The molecule has 14 heavy (non-hydrogen) atoms. The summed E-state index contributed by atoms with van der Waals surface area (Å²) in [6, 6.07) is 10.0. The summed E-state index contributed by atoms with van der Waals surface area (Å²) in [5, 5.41) is 2.36. The lowest BCUT2D eigenvalue weighted by molar-refractivity contribution is -0.116. The third kappa shape index (κ3) is 5.77. The van der Waals surface area contributed by atoms with Crippen LogP contribution in [0.25, 0.3) is 6.08 Å². The number of hydrogen-bond donors (Lipinski definition) is 1. The minimum atomic E-state index is -0.144. The fourth-order valence-electron chi connectivity index (χ4n) is 0.691. The average molecular weight is 189 g/mol. The lowest BCUT2D eigenvalue weighted by atomic mass is 10.2. The van der Waals surface area contributed by atoms with E-state index in [1.165, 1.54) is 11.6 Å². The Morgan fingerprint density at radius 3 is 2.07 bits per heavy atom. The van der Waals surface area contributed by atoms with Crippen LogP contribution in [0.1, 0.15) is 5.56 Å². The molecular weight excluding hydrogens is 174 g/mol. The first-order valence-electron chi connectivity index (χ1n) is 4.26. The molecule has 0 aliphatic rings. The van der Waals surface area contributed by atoms with Gasteiger partial charge >= 0.3 is 0 Å². The number of carbonyl (C=O) groups is 1. The van der Waals surface area contributed by atoms with Crippen molar-refractivity contribution in [3.63, 3.8) is 0 Å². The molecule has 0 saturated heterocycles. The Bertz CT molecular complexity index is 290. The first-order valence-corrected chi connectivity index (χ1v) is 4.26. The maximum atomic E-state index is 9.95. The first-order chi connectivity index (χ1) is 6.74. The normalized spacial score (nSPS) is 7.79. The third-order valence-corrected chi connectivity index (χ3v) is 1.47. The van der Waals surface area contributed by atoms with Gasteiger partial charge in [-0.15, -0.1) is 0 Å². The highest BCUT2D eigenvalue weighted by molar-refractivity contribution is 5.86. The highest BCUT2D eigenvalue weighted by Gasteiger charge is 1.78. The molecule has 1 aromatic rings. The summed E-state index contributed by atoms with van der Waals surface area (Å²) in [5.41, 5.74) is 1.17. The quantitative estimate of drug-likeness (QED) is 0.710. The van der Waals surface area contributed by atoms with Crippen molar-refractivity contribution in [2.45, 2.75) is 0 Å². The van der Waals surface area contributed by atoms with Gasteiger partial charge in [0.2, 0.25) is 5.91 Å². The number of hydrogen-bond acceptors (Lipinski definition) is 1. The Labute approximate surface area is 85.0 Å². The van der Waals surface area contributed by atoms with Gasteiger partial charge in [0, 0.05) is 7.05 Å². The number of benzene rings is 1. The van der Waals surface area contributed by atoms with Crippen LogP contribution < -0.4 is 5.32 Å². The molecule has 0 atom stereocenters. The summed E-state index contributed by atoms with van der Waals surface area (Å²) in [4.78, 5) is 9.95. The van der Waals surface area contributed by atoms with Crippen LogP contribution in [0, 0.1) is 0 Å². The van der Waals surface area contributed by atoms with Crippen LogP contribution in [-0.2, 0) is 4.79 Å². The van der Waals surface area contributed by atoms with Crippen LogP contribution >= 0.6 is 0 Å². The summed E-state index contributed by atoms with van der Waals surface area (Å²) < 4.78 is 0. The maximum absolute atomic E-state index is 9.95. The lowest BCUT2D eigenvalue weighted by Crippen LogP contribution is -2.13. The van der Waals surface area contributed by atoms with E-state index in [0.29, 0.717) is 0 Å². The molecule has 1 rings (SSSR count). The van der Waals surface area contributed by atoms with Gasteiger partial charge in [0.15, 0.2) is 0 Å². The lowest BCUT2D eigenvalue weighted by Gasteiger charge is -1.85. The van der Waals surface area contributed by atoms with Gasteiger partial charge in [0.25, 0.3) is 0 Å². The SMILES string of the molecule is C=CC(=O)NC.C=Cc1ccccc1. The zero-order chi connectivity index (χ0) is 10.8. The van der Waals surface area contributed by atoms with E-state index < -0.39 is 0 Å². The molecule has 74 valence electrons. The van der Waals surface area contributed by atoms with E-state index in [-0.39, 0.29) is 5.91 Å². The van der Waals surface area contributed by atoms with Gasteiger partial charge in [-0.25, -0.2) is 0 Å². The zero-order valence-electron chi connectivity index (χ0n) is 8.36. The Morgan fingerprint density at radius 2 is 1.86 bits per heavy atom. The van der Waals surface area contributed by atoms with Gasteiger partial charge < -0.3 is 5.32 Å². The molecule has 1 amide bonds. The van der Waals surface area contributed by atoms with Crippen molar-refractivity contribution in [3.05, 3.63) is 55.1 Å². The van der Waals surface area contributed by atoms with E-state index >= 15 is 0 Å². The zero-order valence-corrected chi connectivity index (χ0v) is 8.36. The second kappa shape index (κ2) is 7.80. The van der Waals surface area contributed by atoms with E-state index in [1.54, 1.807) is 7.05 Å². The second-order valence-electron chi connectivity index (χ2n) is 2.43. The molecule has 2 heteroatoms. The van der Waals surface area contributed by atoms with Gasteiger partial charge in [0.05, 0.1) is 0 Å². The van der Waals surface area contributed by atoms with Crippen LogP contribution in [-0.4, -0.2) is 13.0 Å². The van der Waals surface area contributed by atoms with Gasteiger partial charge in [-0.3, -0.25) is 4.79 Å². The van der Waals surface area contributed by atoms with E-state index in [9.17, 15) is 4.79 Å². The molecule has 2 nitrogen and oxygen atoms in total. The van der Waals surface area contributed by atoms with Gasteiger partial charge in [-0.2, -0.15) is 0 Å². The summed E-state index contributed by atoms with van der Waals surface area (Å²) in [6.07, 6.45) is 3.06. The molecule has 0 bridgehead atoms. The van der Waals surface area contributed by atoms with Crippen molar-refractivity contribution in [1.29, 1.82) is 0 Å². The van der Waals surface area contributed by atoms with E-state index in [4.69, 9.17) is 0 Å². The smallest absolute Gasteiger partial charge is 0.243 e. The Kier molecular flexibility index (Phi) is 6.78. The number of rotatable bonds is 2. The van der Waals surface area contributed by atoms with Crippen LogP contribution in [0.4, 0.5) is 0 Å². The van der Waals surface area contributed by atoms with Crippen LogP contribution in [0.5, 0.6) is 0 Å². The molecule has 1 N–H and O–H groups in total. The van der Waals surface area contributed by atoms with Crippen LogP contribution in [0.15, 0.2) is 49.6 Å². The number of likely N-dealkylation sites (N-methyl/N-ethyl adjacent to an activating group) is 1. The second-order valence-corrected chi connectivity index (χ2v) is 2.43. The predicted octanol–water partition coefficient (Wildman–Crippen LogP) is 2.25. The highest BCUT2D eigenvalue weighted by atomic mass is 16.1. The van der Waals surface area contributed by atoms with Crippen LogP contribution in [0.2, 0.25) is 0 Å². The Hall–Kier alpha value is -1.83. The molecule has 1 aromatic carbocycles. The number of amides is 1. The molecule has 0 heterocycles. The first kappa shape index (κ1) is 12.2. The minimum absolute atomic E-state index is 0.144. The van der Waals surface area contributed by atoms with E-state index in [1.807, 2.05) is 36.4 Å². The Morgan fingerprint density at radius 1 is 1.29 bits per heavy atom. The summed E-state index contributed by atoms with van der Waals surface area (Å²) in [5.74, 6) is -0.144. The summed E-state index contributed by atoms with van der Waals surface area (Å²) >= 11 is 0. The van der Waals surface area contributed by atoms with Crippen molar-refractivity contribution in [2.24, 2.45) is 0 Å². The summed E-state index contributed by atoms with van der Waals surface area (Å²) in [6.45, 7) is 6.85. The van der Waals surface area contributed by atoms with E-state index in [2.05, 4.69) is 18.5 Å². The molecule has 0 spiro atoms. The standard InChI is InChI=1S/C8H8.C4H7NO/c1-2-8-6-4-3-5-7-8;1-3-4(6)5-2/h2-7H,1H2;3H,1H2,2H3,(H,5,6). The molecule has 0 saturated carbocycles.